The molecule has 3 aromatic carbocycles. The maximum absolute atomic E-state index is 12.5. The van der Waals surface area contributed by atoms with E-state index < -0.39 is 5.91 Å². The Hall–Kier alpha value is -2.40. The number of aromatic nitrogens is 1. The van der Waals surface area contributed by atoms with Gasteiger partial charge in [0.15, 0.2) is 10.7 Å². The van der Waals surface area contributed by atoms with Crippen LogP contribution in [0.2, 0.25) is 10.0 Å². The molecule has 0 aliphatic heterocycles. The van der Waals surface area contributed by atoms with Gasteiger partial charge in [-0.2, -0.15) is 0 Å². The van der Waals surface area contributed by atoms with Gasteiger partial charge in [0.2, 0.25) is 5.89 Å². The normalized spacial score (nSPS) is 10.8. The molecular formula is C23H16Cl2IN3O3S. The number of amides is 1. The Morgan fingerprint density at radius 2 is 1.94 bits per heavy atom. The molecule has 2 N–H and O–H groups in total. The van der Waals surface area contributed by atoms with Crippen LogP contribution in [0.25, 0.3) is 22.6 Å². The predicted octanol–water partition coefficient (Wildman–Crippen LogP) is 6.93. The zero-order chi connectivity index (χ0) is 23.5. The van der Waals surface area contributed by atoms with Crippen molar-refractivity contribution in [2.75, 3.05) is 11.9 Å². The number of fused-ring (bicyclic) bond motifs is 1. The molecule has 168 valence electrons. The lowest BCUT2D eigenvalue weighted by atomic mass is 10.2. The third-order valence-electron chi connectivity index (χ3n) is 4.53. The average molecular weight is 612 g/mol. The Morgan fingerprint density at radius 1 is 1.12 bits per heavy atom. The van der Waals surface area contributed by atoms with Gasteiger partial charge in [0.05, 0.1) is 22.2 Å². The molecule has 10 heteroatoms. The first kappa shape index (κ1) is 23.7. The number of halogens is 3. The quantitative estimate of drug-likeness (QED) is 0.188. The number of benzene rings is 3. The molecule has 0 unspecified atom stereocenters. The topological polar surface area (TPSA) is 76.4 Å². The second kappa shape index (κ2) is 10.3. The van der Waals surface area contributed by atoms with Crippen LogP contribution in [-0.4, -0.2) is 22.6 Å². The summed E-state index contributed by atoms with van der Waals surface area (Å²) in [7, 11) is 0. The Balaban J connectivity index is 1.47. The molecule has 0 radical (unpaired) electrons. The summed E-state index contributed by atoms with van der Waals surface area (Å²) in [5.41, 5.74) is 2.94. The Labute approximate surface area is 218 Å². The van der Waals surface area contributed by atoms with E-state index in [4.69, 9.17) is 44.6 Å². The predicted molar refractivity (Wildman–Crippen MR) is 143 cm³/mol. The van der Waals surface area contributed by atoms with Gasteiger partial charge in [-0.1, -0.05) is 23.2 Å². The second-order valence-electron chi connectivity index (χ2n) is 6.81. The van der Waals surface area contributed by atoms with Crippen molar-refractivity contribution < 1.29 is 13.9 Å². The van der Waals surface area contributed by atoms with Gasteiger partial charge in [0, 0.05) is 14.8 Å². The number of carbonyl (C=O) groups excluding carboxylic acids is 1. The minimum Gasteiger partial charge on any atom is -0.492 e. The SMILES string of the molecule is CCOc1ccc(C(=O)NC(=S)Nc2ccc3oc(-c4cc(I)ccc4Cl)nc3c2)cc1Cl. The molecule has 0 aliphatic carbocycles. The number of anilines is 1. The lowest BCUT2D eigenvalue weighted by Gasteiger charge is -2.11. The van der Waals surface area contributed by atoms with Crippen LogP contribution in [0.5, 0.6) is 5.75 Å². The summed E-state index contributed by atoms with van der Waals surface area (Å²) in [6, 6.07) is 15.7. The van der Waals surface area contributed by atoms with E-state index in [9.17, 15) is 4.79 Å². The summed E-state index contributed by atoms with van der Waals surface area (Å²) in [5.74, 6) is 0.549. The van der Waals surface area contributed by atoms with Crippen LogP contribution in [0.1, 0.15) is 17.3 Å². The molecule has 0 atom stereocenters. The molecule has 0 aliphatic rings. The van der Waals surface area contributed by atoms with E-state index in [2.05, 4.69) is 38.2 Å². The number of rotatable bonds is 5. The number of oxazole rings is 1. The van der Waals surface area contributed by atoms with Crippen LogP contribution in [0.3, 0.4) is 0 Å². The van der Waals surface area contributed by atoms with Crippen LogP contribution in [-0.2, 0) is 0 Å². The van der Waals surface area contributed by atoms with Crippen LogP contribution in [0.4, 0.5) is 5.69 Å². The van der Waals surface area contributed by atoms with Gasteiger partial charge in [0.25, 0.3) is 5.91 Å². The molecule has 0 saturated carbocycles. The van der Waals surface area contributed by atoms with Gasteiger partial charge in [-0.3, -0.25) is 10.1 Å². The highest BCUT2D eigenvalue weighted by Crippen LogP contribution is 2.32. The Bertz CT molecular complexity index is 1380. The molecule has 1 heterocycles. The molecule has 6 nitrogen and oxygen atoms in total. The van der Waals surface area contributed by atoms with Crippen molar-refractivity contribution in [3.05, 3.63) is 73.8 Å². The van der Waals surface area contributed by atoms with Crippen molar-refractivity contribution in [2.45, 2.75) is 6.92 Å². The van der Waals surface area contributed by atoms with E-state index in [0.29, 0.717) is 56.2 Å². The minimum atomic E-state index is -0.393. The van der Waals surface area contributed by atoms with Gasteiger partial charge in [0.1, 0.15) is 11.3 Å². The molecule has 0 spiro atoms. The van der Waals surface area contributed by atoms with Gasteiger partial charge >= 0.3 is 0 Å². The smallest absolute Gasteiger partial charge is 0.257 e. The maximum Gasteiger partial charge on any atom is 0.257 e. The van der Waals surface area contributed by atoms with Crippen molar-refractivity contribution in [3.8, 4) is 17.2 Å². The number of thiocarbonyl (C=S) groups is 1. The minimum absolute atomic E-state index is 0.133. The van der Waals surface area contributed by atoms with E-state index >= 15 is 0 Å². The highest BCUT2D eigenvalue weighted by molar-refractivity contribution is 14.1. The zero-order valence-electron chi connectivity index (χ0n) is 17.1. The first-order valence-electron chi connectivity index (χ1n) is 9.74. The molecular weight excluding hydrogens is 596 g/mol. The van der Waals surface area contributed by atoms with E-state index in [1.807, 2.05) is 19.1 Å². The highest BCUT2D eigenvalue weighted by Gasteiger charge is 2.14. The molecule has 0 saturated heterocycles. The zero-order valence-corrected chi connectivity index (χ0v) is 21.6. The molecule has 1 amide bonds. The van der Waals surface area contributed by atoms with Gasteiger partial charge < -0.3 is 14.5 Å². The molecule has 33 heavy (non-hydrogen) atoms. The fourth-order valence-corrected chi connectivity index (χ4v) is 4.17. The molecule has 1 aromatic heterocycles. The average Bonchev–Trinajstić information content (AvgIpc) is 3.20. The Morgan fingerprint density at radius 3 is 2.70 bits per heavy atom. The van der Waals surface area contributed by atoms with Crippen molar-refractivity contribution in [3.63, 3.8) is 0 Å². The van der Waals surface area contributed by atoms with Crippen LogP contribution in [0.15, 0.2) is 59.0 Å². The lowest BCUT2D eigenvalue weighted by molar-refractivity contribution is 0.0977. The summed E-state index contributed by atoms with van der Waals surface area (Å²) < 4.78 is 12.3. The third kappa shape index (κ3) is 5.57. The summed E-state index contributed by atoms with van der Waals surface area (Å²) in [6.07, 6.45) is 0. The summed E-state index contributed by atoms with van der Waals surface area (Å²) in [6.45, 7) is 2.34. The van der Waals surface area contributed by atoms with Crippen molar-refractivity contribution in [2.24, 2.45) is 0 Å². The van der Waals surface area contributed by atoms with E-state index in [0.717, 1.165) is 3.57 Å². The fourth-order valence-electron chi connectivity index (χ4n) is 3.03. The standard InChI is InChI=1S/C23H16Cl2IN3O3S/c1-2-31-19-7-3-12(9-17(19)25)21(30)29-23(33)27-14-5-8-20-18(11-14)28-22(32-20)15-10-13(26)4-6-16(15)24/h3-11H,2H2,1H3,(H2,27,29,30,33). The van der Waals surface area contributed by atoms with Crippen LogP contribution in [0, 0.1) is 3.57 Å². The number of hydrogen-bond donors (Lipinski definition) is 2. The number of ether oxygens (including phenoxy) is 1. The second-order valence-corrected chi connectivity index (χ2v) is 9.28. The fraction of sp³-hybridized carbons (Fsp3) is 0.0870. The first-order chi connectivity index (χ1) is 15.8. The van der Waals surface area contributed by atoms with Crippen molar-refractivity contribution >= 4 is 85.8 Å². The molecule has 0 fully saturated rings. The maximum atomic E-state index is 12.5. The summed E-state index contributed by atoms with van der Waals surface area (Å²) >= 11 is 20.0. The van der Waals surface area contributed by atoms with E-state index in [-0.39, 0.29) is 5.11 Å². The lowest BCUT2D eigenvalue weighted by Crippen LogP contribution is -2.34. The number of hydrogen-bond acceptors (Lipinski definition) is 5. The van der Waals surface area contributed by atoms with Crippen LogP contribution < -0.4 is 15.4 Å². The summed E-state index contributed by atoms with van der Waals surface area (Å²) in [5, 5.41) is 6.66. The monoisotopic (exact) mass is 611 g/mol. The first-order valence-corrected chi connectivity index (χ1v) is 12.0. The van der Waals surface area contributed by atoms with Crippen molar-refractivity contribution in [1.29, 1.82) is 0 Å². The largest absolute Gasteiger partial charge is 0.492 e. The van der Waals surface area contributed by atoms with E-state index in [1.54, 1.807) is 36.4 Å². The number of nitrogens with zero attached hydrogens (tertiary/aromatic N) is 1. The molecule has 4 rings (SSSR count). The van der Waals surface area contributed by atoms with Crippen LogP contribution >= 0.6 is 58.0 Å². The van der Waals surface area contributed by atoms with E-state index in [1.165, 1.54) is 6.07 Å². The van der Waals surface area contributed by atoms with Gasteiger partial charge in [-0.05, 0) is 96.3 Å². The number of nitrogens with one attached hydrogen (secondary N) is 2. The van der Waals surface area contributed by atoms with Gasteiger partial charge in [-0.25, -0.2) is 4.98 Å². The highest BCUT2D eigenvalue weighted by atomic mass is 127. The van der Waals surface area contributed by atoms with Crippen molar-refractivity contribution in [1.82, 2.24) is 10.3 Å². The summed E-state index contributed by atoms with van der Waals surface area (Å²) in [4.78, 5) is 17.1. The van der Waals surface area contributed by atoms with Gasteiger partial charge in [-0.15, -0.1) is 0 Å². The molecule has 4 aromatic rings. The Kier molecular flexibility index (Phi) is 7.38. The molecule has 0 bridgehead atoms. The number of carbonyl (C=O) groups is 1. The third-order valence-corrected chi connectivity index (χ3v) is 6.03.